The monoisotopic (exact) mass is 349 g/mol. The van der Waals surface area contributed by atoms with Crippen molar-refractivity contribution in [1.29, 1.82) is 0 Å². The summed E-state index contributed by atoms with van der Waals surface area (Å²) in [6.45, 7) is 1.80. The maximum atomic E-state index is 14.7. The smallest absolute Gasteiger partial charge is 0.304 e. The highest BCUT2D eigenvalue weighted by Crippen LogP contribution is 2.25. The summed E-state index contributed by atoms with van der Waals surface area (Å²) >= 11 is 6.02. The molecule has 1 atom stereocenters. The van der Waals surface area contributed by atoms with Crippen LogP contribution in [0.5, 0.6) is 0 Å². The number of carbonyl (C=O) groups excluding carboxylic acids is 1. The van der Waals surface area contributed by atoms with E-state index in [1.165, 1.54) is 12.1 Å². The summed E-state index contributed by atoms with van der Waals surface area (Å²) in [7, 11) is 0. The van der Waals surface area contributed by atoms with Crippen LogP contribution in [0.4, 0.5) is 4.39 Å². The zero-order valence-corrected chi connectivity index (χ0v) is 13.8. The normalized spacial score (nSPS) is 12.0. The van der Waals surface area contributed by atoms with E-state index in [4.69, 9.17) is 16.7 Å². The van der Waals surface area contributed by atoms with Crippen molar-refractivity contribution in [3.63, 3.8) is 0 Å². The molecule has 0 aliphatic carbocycles. The minimum absolute atomic E-state index is 0.0451. The number of hydrogen-bond acceptors (Lipinski definition) is 3. The molecule has 0 heterocycles. The summed E-state index contributed by atoms with van der Waals surface area (Å²) in [5.74, 6) is -2.11. The van der Waals surface area contributed by atoms with E-state index in [2.05, 4.69) is 5.32 Å². The lowest BCUT2D eigenvalue weighted by Crippen LogP contribution is -2.28. The van der Waals surface area contributed by atoms with Crippen LogP contribution < -0.4 is 5.32 Å². The third-order valence-electron chi connectivity index (χ3n) is 3.56. The molecule has 0 amide bonds. The third-order valence-corrected chi connectivity index (χ3v) is 3.87. The SMILES string of the molecule is C[C@@H](CC(=O)O)NCc1ccc(Cl)c(C(=O)c2ccccc2)c1F. The minimum Gasteiger partial charge on any atom is -0.481 e. The highest BCUT2D eigenvalue weighted by atomic mass is 35.5. The Morgan fingerprint density at radius 3 is 2.50 bits per heavy atom. The lowest BCUT2D eigenvalue weighted by Gasteiger charge is -2.14. The second-order valence-corrected chi connectivity index (χ2v) is 5.88. The Kier molecular flexibility index (Phi) is 6.06. The van der Waals surface area contributed by atoms with E-state index in [1.807, 2.05) is 0 Å². The first-order valence-corrected chi connectivity index (χ1v) is 7.79. The van der Waals surface area contributed by atoms with Crippen molar-refractivity contribution in [2.75, 3.05) is 0 Å². The number of benzene rings is 2. The van der Waals surface area contributed by atoms with Crippen LogP contribution in [0.3, 0.4) is 0 Å². The number of carboxylic acids is 1. The van der Waals surface area contributed by atoms with Gasteiger partial charge in [-0.15, -0.1) is 0 Å². The average Bonchev–Trinajstić information content (AvgIpc) is 2.54. The minimum atomic E-state index is -0.938. The van der Waals surface area contributed by atoms with Crippen LogP contribution in [0, 0.1) is 5.82 Å². The molecule has 0 aliphatic rings. The van der Waals surface area contributed by atoms with Gasteiger partial charge in [-0.1, -0.05) is 48.0 Å². The van der Waals surface area contributed by atoms with Crippen molar-refractivity contribution in [2.24, 2.45) is 0 Å². The van der Waals surface area contributed by atoms with Crippen LogP contribution in [0.1, 0.15) is 34.8 Å². The van der Waals surface area contributed by atoms with Crippen molar-refractivity contribution >= 4 is 23.4 Å². The summed E-state index contributed by atoms with van der Waals surface area (Å²) in [6, 6.07) is 11.0. The molecule has 0 aliphatic heterocycles. The molecule has 0 aromatic heterocycles. The molecular weight excluding hydrogens is 333 g/mol. The van der Waals surface area contributed by atoms with Gasteiger partial charge in [0.15, 0.2) is 5.78 Å². The van der Waals surface area contributed by atoms with Gasteiger partial charge in [-0.3, -0.25) is 9.59 Å². The predicted molar refractivity (Wildman–Crippen MR) is 89.8 cm³/mol. The number of aliphatic carboxylic acids is 1. The number of rotatable bonds is 7. The maximum absolute atomic E-state index is 14.7. The van der Waals surface area contributed by atoms with Crippen molar-refractivity contribution in [3.8, 4) is 0 Å². The molecule has 2 aromatic rings. The summed E-state index contributed by atoms with van der Waals surface area (Å²) in [5.41, 5.74) is 0.437. The fraction of sp³-hybridized carbons (Fsp3) is 0.222. The first-order chi connectivity index (χ1) is 11.4. The van der Waals surface area contributed by atoms with Gasteiger partial charge in [0, 0.05) is 23.7 Å². The highest BCUT2D eigenvalue weighted by molar-refractivity contribution is 6.35. The molecule has 0 unspecified atom stereocenters. The Morgan fingerprint density at radius 2 is 1.88 bits per heavy atom. The first-order valence-electron chi connectivity index (χ1n) is 7.42. The molecule has 4 nitrogen and oxygen atoms in total. The van der Waals surface area contributed by atoms with E-state index in [9.17, 15) is 14.0 Å². The number of nitrogens with one attached hydrogen (secondary N) is 1. The molecule has 0 radical (unpaired) electrons. The van der Waals surface area contributed by atoms with E-state index in [0.29, 0.717) is 5.56 Å². The molecule has 2 aromatic carbocycles. The van der Waals surface area contributed by atoms with Gasteiger partial charge >= 0.3 is 5.97 Å². The maximum Gasteiger partial charge on any atom is 0.304 e. The van der Waals surface area contributed by atoms with Crippen molar-refractivity contribution in [2.45, 2.75) is 25.9 Å². The lowest BCUT2D eigenvalue weighted by molar-refractivity contribution is -0.137. The van der Waals surface area contributed by atoms with Crippen molar-refractivity contribution in [1.82, 2.24) is 5.32 Å². The topological polar surface area (TPSA) is 66.4 Å². The number of ketones is 1. The molecule has 0 fully saturated rings. The summed E-state index contributed by atoms with van der Waals surface area (Å²) < 4.78 is 14.7. The Morgan fingerprint density at radius 1 is 1.21 bits per heavy atom. The van der Waals surface area contributed by atoms with Crippen LogP contribution in [-0.4, -0.2) is 22.9 Å². The second-order valence-electron chi connectivity index (χ2n) is 5.47. The van der Waals surface area contributed by atoms with Gasteiger partial charge in [0.2, 0.25) is 0 Å². The van der Waals surface area contributed by atoms with Gasteiger partial charge in [-0.2, -0.15) is 0 Å². The molecule has 0 saturated carbocycles. The summed E-state index contributed by atoms with van der Waals surface area (Å²) in [4.78, 5) is 23.2. The molecule has 2 N–H and O–H groups in total. The van der Waals surface area contributed by atoms with Gasteiger partial charge in [0.05, 0.1) is 17.0 Å². The number of carbonyl (C=O) groups is 2. The molecule has 2 rings (SSSR count). The number of halogens is 2. The molecule has 6 heteroatoms. The van der Waals surface area contributed by atoms with Crippen LogP contribution in [0.2, 0.25) is 5.02 Å². The molecule has 126 valence electrons. The zero-order valence-electron chi connectivity index (χ0n) is 13.1. The number of carboxylic acid groups (broad SMARTS) is 1. The quantitative estimate of drug-likeness (QED) is 0.749. The first kappa shape index (κ1) is 18.1. The van der Waals surface area contributed by atoms with Gasteiger partial charge in [-0.25, -0.2) is 4.39 Å². The van der Waals surface area contributed by atoms with E-state index in [1.54, 1.807) is 37.3 Å². The second kappa shape index (κ2) is 8.04. The van der Waals surface area contributed by atoms with E-state index in [-0.39, 0.29) is 35.2 Å². The van der Waals surface area contributed by atoms with E-state index >= 15 is 0 Å². The summed E-state index contributed by atoms with van der Waals surface area (Å²) in [5, 5.41) is 11.7. The summed E-state index contributed by atoms with van der Waals surface area (Å²) in [6.07, 6.45) is -0.0784. The Bertz CT molecular complexity index is 749. The van der Waals surface area contributed by atoms with Crippen LogP contribution >= 0.6 is 11.6 Å². The van der Waals surface area contributed by atoms with Crippen molar-refractivity contribution in [3.05, 3.63) is 70.0 Å². The Hall–Kier alpha value is -2.24. The zero-order chi connectivity index (χ0) is 17.7. The molecular formula is C18H17ClFNO3. The van der Waals surface area contributed by atoms with Crippen LogP contribution in [0.25, 0.3) is 0 Å². The predicted octanol–water partition coefficient (Wildman–Crippen LogP) is 3.66. The highest BCUT2D eigenvalue weighted by Gasteiger charge is 2.20. The van der Waals surface area contributed by atoms with Gasteiger partial charge in [0.1, 0.15) is 5.82 Å². The van der Waals surface area contributed by atoms with Gasteiger partial charge in [-0.05, 0) is 13.0 Å². The van der Waals surface area contributed by atoms with E-state index in [0.717, 1.165) is 0 Å². The van der Waals surface area contributed by atoms with Crippen molar-refractivity contribution < 1.29 is 19.1 Å². The molecule has 0 saturated heterocycles. The Labute approximate surface area is 144 Å². The Balaban J connectivity index is 2.24. The van der Waals surface area contributed by atoms with Gasteiger partial charge < -0.3 is 10.4 Å². The number of hydrogen-bond donors (Lipinski definition) is 2. The van der Waals surface area contributed by atoms with Gasteiger partial charge in [0.25, 0.3) is 0 Å². The third kappa shape index (κ3) is 4.40. The molecule has 0 spiro atoms. The fourth-order valence-electron chi connectivity index (χ4n) is 2.29. The van der Waals surface area contributed by atoms with Crippen LogP contribution in [0.15, 0.2) is 42.5 Å². The van der Waals surface area contributed by atoms with E-state index < -0.39 is 17.6 Å². The fourth-order valence-corrected chi connectivity index (χ4v) is 2.52. The molecule has 24 heavy (non-hydrogen) atoms. The average molecular weight is 350 g/mol. The standard InChI is InChI=1S/C18H17ClFNO3/c1-11(9-15(22)23)21-10-13-7-8-14(19)16(17(13)20)18(24)12-5-3-2-4-6-12/h2-8,11,21H,9-10H2,1H3,(H,22,23)/t11-/m0/s1. The lowest BCUT2D eigenvalue weighted by atomic mass is 10.00. The van der Waals surface area contributed by atoms with Crippen LogP contribution in [-0.2, 0) is 11.3 Å². The largest absolute Gasteiger partial charge is 0.481 e. The molecule has 0 bridgehead atoms.